The molecule has 5 rings (SSSR count). The second-order valence-corrected chi connectivity index (χ2v) is 9.04. The predicted octanol–water partition coefficient (Wildman–Crippen LogP) is 3.89. The van der Waals surface area contributed by atoms with E-state index in [0.29, 0.717) is 16.6 Å². The van der Waals surface area contributed by atoms with Gasteiger partial charge in [0, 0.05) is 42.3 Å². The summed E-state index contributed by atoms with van der Waals surface area (Å²) in [5, 5.41) is 11.8. The Hall–Kier alpha value is -2.41. The Morgan fingerprint density at radius 1 is 1.30 bits per heavy atom. The molecule has 1 aromatic carbocycles. The molecule has 1 aromatic heterocycles. The highest BCUT2D eigenvalue weighted by Gasteiger charge is 2.45. The van der Waals surface area contributed by atoms with Crippen molar-refractivity contribution in [2.24, 2.45) is 0 Å². The number of carbonyl (C=O) groups is 1. The van der Waals surface area contributed by atoms with E-state index in [9.17, 15) is 9.18 Å². The first kappa shape index (κ1) is 19.5. The van der Waals surface area contributed by atoms with E-state index in [1.165, 1.54) is 6.07 Å². The highest BCUT2D eigenvalue weighted by molar-refractivity contribution is 6.31. The molecule has 6 nitrogen and oxygen atoms in total. The second kappa shape index (κ2) is 7.69. The van der Waals surface area contributed by atoms with Gasteiger partial charge in [0.25, 0.3) is 0 Å². The predicted molar refractivity (Wildman–Crippen MR) is 113 cm³/mol. The third-order valence-corrected chi connectivity index (χ3v) is 6.80. The van der Waals surface area contributed by atoms with Crippen LogP contribution in [-0.4, -0.2) is 52.3 Å². The average molecular weight is 430 g/mol. The number of anilines is 1. The van der Waals surface area contributed by atoms with Gasteiger partial charge in [0.1, 0.15) is 5.82 Å². The van der Waals surface area contributed by atoms with E-state index in [0.717, 1.165) is 50.2 Å². The van der Waals surface area contributed by atoms with Gasteiger partial charge in [-0.3, -0.25) is 0 Å². The van der Waals surface area contributed by atoms with Crippen LogP contribution in [0.1, 0.15) is 42.7 Å². The van der Waals surface area contributed by atoms with Gasteiger partial charge in [0.2, 0.25) is 0 Å². The lowest BCUT2D eigenvalue weighted by Gasteiger charge is -2.29. The lowest BCUT2D eigenvalue weighted by atomic mass is 10.1. The molecule has 1 N–H and O–H groups in total. The van der Waals surface area contributed by atoms with Gasteiger partial charge < -0.3 is 15.1 Å². The van der Waals surface area contributed by atoms with Crippen molar-refractivity contribution in [1.29, 1.82) is 0 Å². The molecule has 0 bridgehead atoms. The smallest absolute Gasteiger partial charge is 0.318 e. The Morgan fingerprint density at radius 2 is 2.13 bits per heavy atom. The van der Waals surface area contributed by atoms with Crippen LogP contribution in [0, 0.1) is 12.7 Å². The number of nitrogens with zero attached hydrogens (tertiary/aromatic N) is 4. The van der Waals surface area contributed by atoms with Crippen molar-refractivity contribution in [3.8, 4) is 0 Å². The molecule has 2 heterocycles. The Morgan fingerprint density at radius 3 is 2.87 bits per heavy atom. The molecular weight excluding hydrogens is 405 g/mol. The number of halogens is 2. The number of hydrogen-bond donors (Lipinski definition) is 1. The zero-order valence-corrected chi connectivity index (χ0v) is 17.6. The first-order chi connectivity index (χ1) is 14.5. The van der Waals surface area contributed by atoms with E-state index in [1.807, 2.05) is 30.0 Å². The Labute approximate surface area is 180 Å². The minimum absolute atomic E-state index is 0.0191. The number of urea groups is 1. The van der Waals surface area contributed by atoms with Gasteiger partial charge in [0.05, 0.1) is 6.04 Å². The molecule has 2 amide bonds. The third-order valence-electron chi connectivity index (χ3n) is 6.39. The summed E-state index contributed by atoms with van der Waals surface area (Å²) in [6, 6.07) is 7.44. The number of amides is 2. The maximum Gasteiger partial charge on any atom is 0.318 e. The van der Waals surface area contributed by atoms with Crippen LogP contribution in [-0.2, 0) is 0 Å². The summed E-state index contributed by atoms with van der Waals surface area (Å²) >= 11 is 6.02. The lowest BCUT2D eigenvalue weighted by Crippen LogP contribution is -2.49. The molecule has 158 valence electrons. The van der Waals surface area contributed by atoms with Gasteiger partial charge in [0.15, 0.2) is 5.82 Å². The summed E-state index contributed by atoms with van der Waals surface area (Å²) in [5.41, 5.74) is 1.51. The third kappa shape index (κ3) is 3.83. The molecule has 0 radical (unpaired) electrons. The van der Waals surface area contributed by atoms with Gasteiger partial charge in [-0.15, -0.1) is 5.10 Å². The van der Waals surface area contributed by atoms with Crippen LogP contribution in [0.4, 0.5) is 15.0 Å². The molecule has 0 unspecified atom stereocenters. The van der Waals surface area contributed by atoms with E-state index in [-0.39, 0.29) is 29.8 Å². The van der Waals surface area contributed by atoms with Crippen LogP contribution in [0.2, 0.25) is 5.02 Å². The molecule has 8 heteroatoms. The van der Waals surface area contributed by atoms with E-state index < -0.39 is 0 Å². The molecule has 0 spiro atoms. The fraction of sp³-hybridized carbons (Fsp3) is 0.500. The molecule has 2 aromatic rings. The fourth-order valence-corrected chi connectivity index (χ4v) is 4.67. The van der Waals surface area contributed by atoms with Crippen molar-refractivity contribution in [1.82, 2.24) is 20.4 Å². The Balaban J connectivity index is 1.24. The zero-order chi connectivity index (χ0) is 20.8. The number of aryl methyl sites for hydroxylation is 1. The van der Waals surface area contributed by atoms with Crippen molar-refractivity contribution >= 4 is 23.4 Å². The SMILES string of the molecule is Cc1cc([C@@H]2C[C@H]2NC(=O)N(C2CC2)[C@H]2CCN(c3cccnn3)C2)c(F)cc1Cl. The van der Waals surface area contributed by atoms with Crippen molar-refractivity contribution in [3.63, 3.8) is 0 Å². The van der Waals surface area contributed by atoms with E-state index in [1.54, 1.807) is 6.20 Å². The molecule has 3 aliphatic rings. The summed E-state index contributed by atoms with van der Waals surface area (Å²) in [5.74, 6) is 0.583. The minimum atomic E-state index is -0.290. The van der Waals surface area contributed by atoms with Gasteiger partial charge in [-0.2, -0.15) is 5.10 Å². The van der Waals surface area contributed by atoms with Gasteiger partial charge in [-0.1, -0.05) is 17.7 Å². The highest BCUT2D eigenvalue weighted by atomic mass is 35.5. The summed E-state index contributed by atoms with van der Waals surface area (Å²) < 4.78 is 14.4. The molecule has 3 atom stereocenters. The van der Waals surface area contributed by atoms with Gasteiger partial charge in [-0.25, -0.2) is 9.18 Å². The highest BCUT2D eigenvalue weighted by Crippen LogP contribution is 2.43. The van der Waals surface area contributed by atoms with Gasteiger partial charge in [-0.05, 0) is 61.9 Å². The van der Waals surface area contributed by atoms with Crippen molar-refractivity contribution in [2.75, 3.05) is 18.0 Å². The Bertz CT molecular complexity index is 954. The maximum absolute atomic E-state index is 14.4. The molecule has 1 saturated heterocycles. The lowest BCUT2D eigenvalue weighted by molar-refractivity contribution is 0.174. The van der Waals surface area contributed by atoms with E-state index in [4.69, 9.17) is 11.6 Å². The first-order valence-electron chi connectivity index (χ1n) is 10.6. The summed E-state index contributed by atoms with van der Waals surface area (Å²) in [7, 11) is 0. The van der Waals surface area contributed by atoms with Crippen LogP contribution in [0.5, 0.6) is 0 Å². The van der Waals surface area contributed by atoms with Crippen LogP contribution >= 0.6 is 11.6 Å². The number of carbonyl (C=O) groups excluding carboxylic acids is 1. The fourth-order valence-electron chi connectivity index (χ4n) is 4.52. The Kier molecular flexibility index (Phi) is 5.01. The van der Waals surface area contributed by atoms with Crippen molar-refractivity contribution < 1.29 is 9.18 Å². The van der Waals surface area contributed by atoms with Crippen LogP contribution in [0.15, 0.2) is 30.5 Å². The van der Waals surface area contributed by atoms with Crippen molar-refractivity contribution in [2.45, 2.75) is 56.7 Å². The quantitative estimate of drug-likeness (QED) is 0.783. The van der Waals surface area contributed by atoms with Crippen molar-refractivity contribution in [3.05, 3.63) is 52.4 Å². The number of hydrogen-bond acceptors (Lipinski definition) is 4. The maximum atomic E-state index is 14.4. The molecule has 3 fully saturated rings. The van der Waals surface area contributed by atoms with Crippen LogP contribution < -0.4 is 10.2 Å². The summed E-state index contributed by atoms with van der Waals surface area (Å²) in [6.07, 6.45) is 5.44. The molecule has 2 saturated carbocycles. The first-order valence-corrected chi connectivity index (χ1v) is 11.0. The number of aromatic nitrogens is 2. The number of benzene rings is 1. The van der Waals surface area contributed by atoms with E-state index in [2.05, 4.69) is 20.4 Å². The van der Waals surface area contributed by atoms with Crippen LogP contribution in [0.25, 0.3) is 0 Å². The van der Waals surface area contributed by atoms with Crippen LogP contribution in [0.3, 0.4) is 0 Å². The standard InChI is InChI=1S/C22H25ClFN5O/c1-13-9-16(19(24)11-18(13)23)17-10-20(17)26-22(30)29(14-4-5-14)15-6-8-28(12-15)21-3-2-7-25-27-21/h2-3,7,9,11,14-15,17,20H,4-6,8,10,12H2,1H3,(H,26,30)/t15-,17-,20+/m0/s1. The minimum Gasteiger partial charge on any atom is -0.353 e. The topological polar surface area (TPSA) is 61.4 Å². The normalized spacial score (nSPS) is 25.3. The summed E-state index contributed by atoms with van der Waals surface area (Å²) in [6.45, 7) is 3.50. The number of rotatable bonds is 5. The largest absolute Gasteiger partial charge is 0.353 e. The zero-order valence-electron chi connectivity index (χ0n) is 16.9. The number of nitrogens with one attached hydrogen (secondary N) is 1. The second-order valence-electron chi connectivity index (χ2n) is 8.63. The molecular formula is C22H25ClFN5O. The molecule has 2 aliphatic carbocycles. The monoisotopic (exact) mass is 429 g/mol. The molecule has 30 heavy (non-hydrogen) atoms. The average Bonchev–Trinajstić information content (AvgIpc) is 3.65. The van der Waals surface area contributed by atoms with Gasteiger partial charge >= 0.3 is 6.03 Å². The summed E-state index contributed by atoms with van der Waals surface area (Å²) in [4.78, 5) is 17.4. The van der Waals surface area contributed by atoms with E-state index >= 15 is 0 Å². The molecule has 1 aliphatic heterocycles.